The van der Waals surface area contributed by atoms with Crippen molar-refractivity contribution in [2.24, 2.45) is 0 Å². The Hall–Kier alpha value is -2.77. The van der Waals surface area contributed by atoms with Crippen molar-refractivity contribution in [3.05, 3.63) is 23.8 Å². The molecule has 0 aliphatic carbocycles. The van der Waals surface area contributed by atoms with Crippen LogP contribution in [0.15, 0.2) is 18.2 Å². The minimum atomic E-state index is -1.15. The van der Waals surface area contributed by atoms with Crippen molar-refractivity contribution in [3.8, 4) is 5.75 Å². The third kappa shape index (κ3) is 6.68. The molecule has 0 fully saturated rings. The molecule has 0 atom stereocenters. The van der Waals surface area contributed by atoms with Gasteiger partial charge in [-0.3, -0.25) is 0 Å². The van der Waals surface area contributed by atoms with Gasteiger partial charge in [-0.1, -0.05) is 0 Å². The molecule has 1 rings (SSSR count). The van der Waals surface area contributed by atoms with E-state index < -0.39 is 36.7 Å². The van der Waals surface area contributed by atoms with Crippen molar-refractivity contribution in [3.63, 3.8) is 0 Å². The van der Waals surface area contributed by atoms with Gasteiger partial charge in [0.05, 0.1) is 11.3 Å². The van der Waals surface area contributed by atoms with Gasteiger partial charge in [0.2, 0.25) is 0 Å². The molecule has 23 heavy (non-hydrogen) atoms. The molecule has 0 unspecified atom stereocenters. The summed E-state index contributed by atoms with van der Waals surface area (Å²) in [5.41, 5.74) is 5.18. The summed E-state index contributed by atoms with van der Waals surface area (Å²) in [5, 5.41) is 8.53. The summed E-state index contributed by atoms with van der Waals surface area (Å²) in [6.07, 6.45) is 0. The first-order chi connectivity index (χ1) is 10.6. The van der Waals surface area contributed by atoms with Gasteiger partial charge in [0.1, 0.15) is 11.4 Å². The molecule has 8 heteroatoms. The Morgan fingerprint density at radius 2 is 1.83 bits per heavy atom. The van der Waals surface area contributed by atoms with Crippen LogP contribution < -0.4 is 10.5 Å². The second-order valence-electron chi connectivity index (χ2n) is 5.60. The molecule has 0 amide bonds. The summed E-state index contributed by atoms with van der Waals surface area (Å²) >= 11 is 0. The topological polar surface area (TPSA) is 125 Å². The molecule has 0 bridgehead atoms. The standard InChI is InChI=1S/C15H19NO7/c1-15(2,3)23-13(19)8-22-14(20)9-4-5-11(10(16)6-9)21-7-12(17)18/h4-6H,7-8,16H2,1-3H3,(H,17,18). The summed E-state index contributed by atoms with van der Waals surface area (Å²) in [6, 6.07) is 3.97. The molecule has 0 aromatic heterocycles. The van der Waals surface area contributed by atoms with E-state index in [1.165, 1.54) is 18.2 Å². The van der Waals surface area contributed by atoms with Gasteiger partial charge in [-0.2, -0.15) is 0 Å². The van der Waals surface area contributed by atoms with Crippen LogP contribution in [0.25, 0.3) is 0 Å². The van der Waals surface area contributed by atoms with Crippen LogP contribution in [0.1, 0.15) is 31.1 Å². The SMILES string of the molecule is CC(C)(C)OC(=O)COC(=O)c1ccc(OCC(=O)O)c(N)c1. The lowest BCUT2D eigenvalue weighted by molar-refractivity contribution is -0.158. The maximum atomic E-state index is 11.8. The summed E-state index contributed by atoms with van der Waals surface area (Å²) in [5.74, 6) is -2.44. The van der Waals surface area contributed by atoms with Crippen molar-refractivity contribution >= 4 is 23.6 Å². The molecular weight excluding hydrogens is 306 g/mol. The van der Waals surface area contributed by atoms with E-state index in [1.807, 2.05) is 0 Å². The quantitative estimate of drug-likeness (QED) is 0.591. The minimum absolute atomic E-state index is 0.0815. The maximum Gasteiger partial charge on any atom is 0.344 e. The molecule has 0 aliphatic rings. The monoisotopic (exact) mass is 325 g/mol. The number of ether oxygens (including phenoxy) is 3. The Morgan fingerprint density at radius 3 is 2.35 bits per heavy atom. The van der Waals surface area contributed by atoms with Gasteiger partial charge >= 0.3 is 17.9 Å². The highest BCUT2D eigenvalue weighted by Crippen LogP contribution is 2.23. The van der Waals surface area contributed by atoms with Gasteiger partial charge in [-0.05, 0) is 39.0 Å². The molecule has 1 aromatic rings. The lowest BCUT2D eigenvalue weighted by Gasteiger charge is -2.19. The van der Waals surface area contributed by atoms with E-state index in [0.29, 0.717) is 0 Å². The van der Waals surface area contributed by atoms with Crippen molar-refractivity contribution in [1.82, 2.24) is 0 Å². The van der Waals surface area contributed by atoms with Gasteiger partial charge in [0.25, 0.3) is 0 Å². The molecule has 0 saturated carbocycles. The Bertz CT molecular complexity index is 604. The number of carbonyl (C=O) groups excluding carboxylic acids is 2. The van der Waals surface area contributed by atoms with Crippen molar-refractivity contribution in [2.75, 3.05) is 18.9 Å². The van der Waals surface area contributed by atoms with Crippen LogP contribution >= 0.6 is 0 Å². The van der Waals surface area contributed by atoms with Crippen LogP contribution in [0.5, 0.6) is 5.75 Å². The molecule has 0 spiro atoms. The maximum absolute atomic E-state index is 11.8. The number of anilines is 1. The summed E-state index contributed by atoms with van der Waals surface area (Å²) in [7, 11) is 0. The Morgan fingerprint density at radius 1 is 1.17 bits per heavy atom. The first-order valence-corrected chi connectivity index (χ1v) is 6.71. The van der Waals surface area contributed by atoms with Gasteiger partial charge in [-0.15, -0.1) is 0 Å². The first-order valence-electron chi connectivity index (χ1n) is 6.71. The van der Waals surface area contributed by atoms with Crippen LogP contribution in [0.3, 0.4) is 0 Å². The molecule has 0 radical (unpaired) electrons. The van der Waals surface area contributed by atoms with Crippen LogP contribution in [0, 0.1) is 0 Å². The van der Waals surface area contributed by atoms with Crippen molar-refractivity contribution in [1.29, 1.82) is 0 Å². The van der Waals surface area contributed by atoms with E-state index in [1.54, 1.807) is 20.8 Å². The zero-order chi connectivity index (χ0) is 17.6. The lowest BCUT2D eigenvalue weighted by Crippen LogP contribution is -2.27. The molecule has 1 aromatic carbocycles. The van der Waals surface area contributed by atoms with E-state index in [9.17, 15) is 14.4 Å². The smallest absolute Gasteiger partial charge is 0.344 e. The summed E-state index contributed by atoms with van der Waals surface area (Å²) in [6.45, 7) is 4.02. The highest BCUT2D eigenvalue weighted by atomic mass is 16.6. The molecule has 0 heterocycles. The minimum Gasteiger partial charge on any atom is -0.480 e. The molecule has 126 valence electrons. The number of hydrogen-bond acceptors (Lipinski definition) is 7. The van der Waals surface area contributed by atoms with E-state index >= 15 is 0 Å². The van der Waals surface area contributed by atoms with Gasteiger partial charge in [0, 0.05) is 0 Å². The number of nitrogens with two attached hydrogens (primary N) is 1. The number of benzene rings is 1. The van der Waals surface area contributed by atoms with E-state index in [0.717, 1.165) is 0 Å². The van der Waals surface area contributed by atoms with Crippen LogP contribution in [-0.2, 0) is 19.1 Å². The Balaban J connectivity index is 2.62. The third-order valence-electron chi connectivity index (χ3n) is 2.34. The van der Waals surface area contributed by atoms with Crippen LogP contribution in [-0.4, -0.2) is 41.8 Å². The van der Waals surface area contributed by atoms with Crippen molar-refractivity contribution in [2.45, 2.75) is 26.4 Å². The number of carbonyl (C=O) groups is 3. The van der Waals surface area contributed by atoms with Gasteiger partial charge in [0.15, 0.2) is 13.2 Å². The second kappa shape index (κ2) is 7.48. The molecule has 3 N–H and O–H groups in total. The van der Waals surface area contributed by atoms with Crippen LogP contribution in [0.2, 0.25) is 0 Å². The summed E-state index contributed by atoms with van der Waals surface area (Å²) < 4.78 is 14.8. The predicted molar refractivity (Wildman–Crippen MR) is 80.1 cm³/mol. The lowest BCUT2D eigenvalue weighted by atomic mass is 10.2. The number of esters is 2. The molecule has 0 saturated heterocycles. The van der Waals surface area contributed by atoms with Crippen LogP contribution in [0.4, 0.5) is 5.69 Å². The fraction of sp³-hybridized carbons (Fsp3) is 0.400. The zero-order valence-electron chi connectivity index (χ0n) is 13.1. The Kier molecular flexibility index (Phi) is 5.94. The molecule has 0 aliphatic heterocycles. The third-order valence-corrected chi connectivity index (χ3v) is 2.34. The fourth-order valence-electron chi connectivity index (χ4n) is 1.53. The van der Waals surface area contributed by atoms with E-state index in [4.69, 9.17) is 25.1 Å². The Labute approximate surface area is 133 Å². The normalized spacial score (nSPS) is 10.7. The number of carboxylic acid groups (broad SMARTS) is 1. The number of aliphatic carboxylic acids is 1. The van der Waals surface area contributed by atoms with Gasteiger partial charge in [-0.25, -0.2) is 14.4 Å². The number of rotatable bonds is 6. The average Bonchev–Trinajstić information content (AvgIpc) is 2.41. The number of nitrogen functional groups attached to an aromatic ring is 1. The average molecular weight is 325 g/mol. The largest absolute Gasteiger partial charge is 0.480 e. The number of carboxylic acids is 1. The van der Waals surface area contributed by atoms with Crippen molar-refractivity contribution < 1.29 is 33.7 Å². The molecular formula is C15H19NO7. The van der Waals surface area contributed by atoms with Gasteiger partial charge < -0.3 is 25.1 Å². The second-order valence-corrected chi connectivity index (χ2v) is 5.60. The van der Waals surface area contributed by atoms with E-state index in [-0.39, 0.29) is 17.0 Å². The fourth-order valence-corrected chi connectivity index (χ4v) is 1.53. The number of hydrogen-bond donors (Lipinski definition) is 2. The zero-order valence-corrected chi connectivity index (χ0v) is 13.1. The molecule has 8 nitrogen and oxygen atoms in total. The highest BCUT2D eigenvalue weighted by Gasteiger charge is 2.18. The predicted octanol–water partition coefficient (Wildman–Crippen LogP) is 1.23. The first kappa shape index (κ1) is 18.3. The highest BCUT2D eigenvalue weighted by molar-refractivity contribution is 5.92. The summed E-state index contributed by atoms with van der Waals surface area (Å²) in [4.78, 5) is 33.7. The van der Waals surface area contributed by atoms with E-state index in [2.05, 4.69) is 0 Å².